The molecule has 6 heteroatoms. The molecule has 1 N–H and O–H groups in total. The molecule has 2 rings (SSSR count). The third kappa shape index (κ3) is 3.42. The molecule has 21 heavy (non-hydrogen) atoms. The van der Waals surface area contributed by atoms with Crippen molar-refractivity contribution in [2.75, 3.05) is 5.75 Å². The van der Waals surface area contributed by atoms with E-state index in [1.165, 1.54) is 0 Å². The van der Waals surface area contributed by atoms with Crippen LogP contribution in [0.3, 0.4) is 0 Å². The SMILES string of the molecule is CC1(C)OB(C(=Cc2cc(Cl)ccc2O)CS)OC1(C)C. The van der Waals surface area contributed by atoms with Gasteiger partial charge in [-0.05, 0) is 51.4 Å². The molecular weight excluding hydrogens is 306 g/mol. The number of hydrogen-bond donors (Lipinski definition) is 2. The van der Waals surface area contributed by atoms with Gasteiger partial charge in [-0.25, -0.2) is 0 Å². The van der Waals surface area contributed by atoms with E-state index in [1.807, 2.05) is 33.8 Å². The predicted octanol–water partition coefficient (Wildman–Crippen LogP) is 3.99. The molecule has 0 unspecified atom stereocenters. The first kappa shape index (κ1) is 16.8. The zero-order valence-electron chi connectivity index (χ0n) is 12.7. The summed E-state index contributed by atoms with van der Waals surface area (Å²) in [6.07, 6.45) is 1.82. The molecule has 1 aliphatic heterocycles. The summed E-state index contributed by atoms with van der Waals surface area (Å²) in [5, 5.41) is 10.5. The molecule has 1 heterocycles. The van der Waals surface area contributed by atoms with Crippen LogP contribution in [0.4, 0.5) is 0 Å². The van der Waals surface area contributed by atoms with Crippen LogP contribution in [0.15, 0.2) is 23.7 Å². The van der Waals surface area contributed by atoms with E-state index in [9.17, 15) is 5.11 Å². The molecule has 0 aliphatic carbocycles. The number of aromatic hydroxyl groups is 1. The van der Waals surface area contributed by atoms with Crippen LogP contribution in [0.1, 0.15) is 33.3 Å². The molecule has 0 saturated carbocycles. The third-order valence-electron chi connectivity index (χ3n) is 4.07. The lowest BCUT2D eigenvalue weighted by Gasteiger charge is -2.32. The average molecular weight is 327 g/mol. The molecule has 0 aromatic heterocycles. The zero-order valence-corrected chi connectivity index (χ0v) is 14.3. The van der Waals surface area contributed by atoms with Gasteiger partial charge in [0, 0.05) is 16.3 Å². The molecule has 1 aliphatic rings. The van der Waals surface area contributed by atoms with Crippen LogP contribution in [0.5, 0.6) is 5.75 Å². The van der Waals surface area contributed by atoms with E-state index in [-0.39, 0.29) is 5.75 Å². The fraction of sp³-hybridized carbons (Fsp3) is 0.467. The van der Waals surface area contributed by atoms with E-state index in [1.54, 1.807) is 18.2 Å². The maximum Gasteiger partial charge on any atom is 0.491 e. The summed E-state index contributed by atoms with van der Waals surface area (Å²) in [5.74, 6) is 0.623. The van der Waals surface area contributed by atoms with Crippen LogP contribution in [-0.2, 0) is 9.31 Å². The fourth-order valence-electron chi connectivity index (χ4n) is 2.02. The predicted molar refractivity (Wildman–Crippen MR) is 91.0 cm³/mol. The van der Waals surface area contributed by atoms with E-state index in [2.05, 4.69) is 12.6 Å². The smallest absolute Gasteiger partial charge is 0.491 e. The second kappa shape index (κ2) is 5.88. The summed E-state index contributed by atoms with van der Waals surface area (Å²) in [5.41, 5.74) is 0.655. The van der Waals surface area contributed by atoms with Gasteiger partial charge < -0.3 is 14.4 Å². The standard InChI is InChI=1S/C15H20BClO3S/c1-14(2)15(3,4)20-16(19-14)11(9-21)7-10-8-12(17)5-6-13(10)18/h5-8,18,21H,9H2,1-4H3. The van der Waals surface area contributed by atoms with Crippen LogP contribution in [-0.4, -0.2) is 29.2 Å². The maximum absolute atomic E-state index is 9.92. The van der Waals surface area contributed by atoms with Crippen molar-refractivity contribution in [3.63, 3.8) is 0 Å². The number of rotatable bonds is 3. The lowest BCUT2D eigenvalue weighted by Crippen LogP contribution is -2.41. The zero-order chi connectivity index (χ0) is 15.8. The first-order chi connectivity index (χ1) is 9.66. The number of thiol groups is 1. The van der Waals surface area contributed by atoms with E-state index in [0.717, 1.165) is 5.47 Å². The van der Waals surface area contributed by atoms with Crippen molar-refractivity contribution in [3.05, 3.63) is 34.3 Å². The quantitative estimate of drug-likeness (QED) is 0.651. The van der Waals surface area contributed by atoms with Crippen molar-refractivity contribution in [2.45, 2.75) is 38.9 Å². The Hall–Kier alpha value is -0.615. The van der Waals surface area contributed by atoms with Crippen molar-refractivity contribution in [1.29, 1.82) is 0 Å². The molecule has 1 fully saturated rings. The highest BCUT2D eigenvalue weighted by Gasteiger charge is 2.52. The Morgan fingerprint density at radius 3 is 2.38 bits per heavy atom. The highest BCUT2D eigenvalue weighted by molar-refractivity contribution is 7.80. The molecular formula is C15H20BClO3S. The highest BCUT2D eigenvalue weighted by atomic mass is 35.5. The molecule has 1 saturated heterocycles. The van der Waals surface area contributed by atoms with Gasteiger partial charge in [0.15, 0.2) is 0 Å². The van der Waals surface area contributed by atoms with E-state index in [0.29, 0.717) is 16.3 Å². The van der Waals surface area contributed by atoms with Gasteiger partial charge in [-0.1, -0.05) is 17.7 Å². The Kier molecular flexibility index (Phi) is 4.69. The molecule has 0 atom stereocenters. The van der Waals surface area contributed by atoms with Gasteiger partial charge >= 0.3 is 7.12 Å². The molecule has 1 aromatic rings. The molecule has 1 aromatic carbocycles. The number of benzene rings is 1. The molecule has 0 spiro atoms. The number of phenols is 1. The Balaban J connectivity index is 2.33. The van der Waals surface area contributed by atoms with Crippen molar-refractivity contribution >= 4 is 37.4 Å². The molecule has 0 amide bonds. The Morgan fingerprint density at radius 1 is 1.29 bits per heavy atom. The summed E-state index contributed by atoms with van der Waals surface area (Å²) in [6.45, 7) is 8.00. The van der Waals surface area contributed by atoms with Crippen molar-refractivity contribution in [3.8, 4) is 5.75 Å². The van der Waals surface area contributed by atoms with Crippen LogP contribution < -0.4 is 0 Å². The molecule has 0 radical (unpaired) electrons. The first-order valence-corrected chi connectivity index (χ1v) is 7.83. The Labute approximate surface area is 136 Å². The monoisotopic (exact) mass is 326 g/mol. The highest BCUT2D eigenvalue weighted by Crippen LogP contribution is 2.39. The fourth-order valence-corrected chi connectivity index (χ4v) is 2.44. The van der Waals surface area contributed by atoms with Gasteiger partial charge in [0.2, 0.25) is 0 Å². The maximum atomic E-state index is 9.92. The van der Waals surface area contributed by atoms with Gasteiger partial charge in [0.25, 0.3) is 0 Å². The van der Waals surface area contributed by atoms with E-state index in [4.69, 9.17) is 20.9 Å². The summed E-state index contributed by atoms with van der Waals surface area (Å²) in [4.78, 5) is 0. The largest absolute Gasteiger partial charge is 0.507 e. The average Bonchev–Trinajstić information content (AvgIpc) is 2.59. The van der Waals surface area contributed by atoms with Crippen molar-refractivity contribution < 1.29 is 14.4 Å². The summed E-state index contributed by atoms with van der Waals surface area (Å²) < 4.78 is 12.0. The lowest BCUT2D eigenvalue weighted by molar-refractivity contribution is 0.00578. The van der Waals surface area contributed by atoms with E-state index < -0.39 is 18.3 Å². The van der Waals surface area contributed by atoms with Crippen LogP contribution >= 0.6 is 24.2 Å². The molecule has 3 nitrogen and oxygen atoms in total. The minimum atomic E-state index is -0.481. The normalized spacial score (nSPS) is 20.9. The van der Waals surface area contributed by atoms with Gasteiger partial charge in [0.1, 0.15) is 5.75 Å². The summed E-state index contributed by atoms with van der Waals surface area (Å²) in [6, 6.07) is 4.91. The molecule has 114 valence electrons. The summed E-state index contributed by atoms with van der Waals surface area (Å²) in [7, 11) is -0.481. The van der Waals surface area contributed by atoms with Gasteiger partial charge in [-0.2, -0.15) is 12.6 Å². The number of halogens is 1. The van der Waals surface area contributed by atoms with Crippen LogP contribution in [0.2, 0.25) is 5.02 Å². The minimum absolute atomic E-state index is 0.162. The third-order valence-corrected chi connectivity index (χ3v) is 4.67. The van der Waals surface area contributed by atoms with Gasteiger partial charge in [-0.3, -0.25) is 0 Å². The lowest BCUT2D eigenvalue weighted by atomic mass is 9.78. The van der Waals surface area contributed by atoms with Crippen LogP contribution in [0, 0.1) is 0 Å². The molecule has 0 bridgehead atoms. The topological polar surface area (TPSA) is 38.7 Å². The number of phenolic OH excluding ortho intramolecular Hbond substituents is 1. The Morgan fingerprint density at radius 2 is 1.86 bits per heavy atom. The first-order valence-electron chi connectivity index (χ1n) is 6.82. The number of hydrogen-bond acceptors (Lipinski definition) is 4. The second-order valence-corrected chi connectivity index (χ2v) is 6.92. The van der Waals surface area contributed by atoms with Gasteiger partial charge in [0.05, 0.1) is 11.2 Å². The van der Waals surface area contributed by atoms with E-state index >= 15 is 0 Å². The van der Waals surface area contributed by atoms with Crippen molar-refractivity contribution in [2.24, 2.45) is 0 Å². The minimum Gasteiger partial charge on any atom is -0.507 e. The Bertz CT molecular complexity index is 556. The van der Waals surface area contributed by atoms with Crippen molar-refractivity contribution in [1.82, 2.24) is 0 Å². The second-order valence-electron chi connectivity index (χ2n) is 6.17. The summed E-state index contributed by atoms with van der Waals surface area (Å²) >= 11 is 10.3. The van der Waals surface area contributed by atoms with Crippen LogP contribution in [0.25, 0.3) is 6.08 Å². The van der Waals surface area contributed by atoms with Gasteiger partial charge in [-0.15, -0.1) is 0 Å².